The smallest absolute Gasteiger partial charge is 0.329 e. The Morgan fingerprint density at radius 3 is 2.15 bits per heavy atom. The molecule has 1 saturated carbocycles. The molecule has 1 aromatic rings. The molecule has 0 N–H and O–H groups in total. The number of carbonyl (C=O) groups is 3. The van der Waals surface area contributed by atoms with Crippen LogP contribution in [0, 0.1) is 11.8 Å². The van der Waals surface area contributed by atoms with Crippen LogP contribution in [0.15, 0.2) is 24.3 Å². The van der Waals surface area contributed by atoms with Gasteiger partial charge in [-0.1, -0.05) is 12.8 Å². The lowest BCUT2D eigenvalue weighted by atomic mass is 9.81. The second-order valence-corrected chi connectivity index (χ2v) is 6.91. The average Bonchev–Trinajstić information content (AvgIpc) is 2.95. The summed E-state index contributed by atoms with van der Waals surface area (Å²) in [5.41, 5.74) is 0. The molecule has 7 heteroatoms. The summed E-state index contributed by atoms with van der Waals surface area (Å²) in [6, 6.07) is 6.15. The number of hydrogen-bond acceptors (Lipinski definition) is 6. The van der Waals surface area contributed by atoms with Gasteiger partial charge in [0.25, 0.3) is 0 Å². The number of carbonyl (C=O) groups excluding carboxylic acids is 3. The van der Waals surface area contributed by atoms with Gasteiger partial charge < -0.3 is 14.2 Å². The first-order valence-corrected chi connectivity index (χ1v) is 9.33. The average molecular weight is 375 g/mol. The zero-order valence-corrected chi connectivity index (χ0v) is 15.7. The summed E-state index contributed by atoms with van der Waals surface area (Å²) in [6.07, 6.45) is 3.36. The van der Waals surface area contributed by atoms with E-state index in [1.54, 1.807) is 38.3 Å². The number of benzene rings is 1. The normalized spacial score (nSPS) is 23.0. The van der Waals surface area contributed by atoms with Crippen molar-refractivity contribution in [3.63, 3.8) is 0 Å². The highest BCUT2D eigenvalue weighted by Crippen LogP contribution is 2.38. The van der Waals surface area contributed by atoms with Crippen LogP contribution in [0.1, 0.15) is 32.6 Å². The maximum atomic E-state index is 12.5. The van der Waals surface area contributed by atoms with E-state index < -0.39 is 12.0 Å². The van der Waals surface area contributed by atoms with Crippen molar-refractivity contribution in [1.82, 2.24) is 4.90 Å². The van der Waals surface area contributed by atoms with Crippen molar-refractivity contribution in [3.8, 4) is 11.5 Å². The summed E-state index contributed by atoms with van der Waals surface area (Å²) in [5, 5.41) is 0. The van der Waals surface area contributed by atoms with E-state index in [4.69, 9.17) is 14.2 Å². The van der Waals surface area contributed by atoms with E-state index in [-0.39, 0.29) is 36.9 Å². The third-order valence-electron chi connectivity index (χ3n) is 5.26. The van der Waals surface area contributed by atoms with Crippen molar-refractivity contribution in [2.75, 3.05) is 20.3 Å². The Labute approximate surface area is 158 Å². The van der Waals surface area contributed by atoms with Gasteiger partial charge in [0, 0.05) is 0 Å². The van der Waals surface area contributed by atoms with Crippen molar-refractivity contribution >= 4 is 17.8 Å². The fraction of sp³-hybridized carbons (Fsp3) is 0.550. The Morgan fingerprint density at radius 2 is 1.59 bits per heavy atom. The van der Waals surface area contributed by atoms with Crippen LogP contribution in [-0.4, -0.2) is 49.0 Å². The minimum Gasteiger partial charge on any atom is -0.497 e. The quantitative estimate of drug-likeness (QED) is 0.413. The van der Waals surface area contributed by atoms with Crippen LogP contribution in [-0.2, 0) is 19.1 Å². The fourth-order valence-electron chi connectivity index (χ4n) is 3.77. The lowest BCUT2D eigenvalue weighted by Gasteiger charge is -2.21. The molecule has 2 amide bonds. The molecule has 0 spiro atoms. The zero-order valence-electron chi connectivity index (χ0n) is 15.7. The monoisotopic (exact) mass is 375 g/mol. The van der Waals surface area contributed by atoms with Crippen LogP contribution in [0.5, 0.6) is 11.5 Å². The van der Waals surface area contributed by atoms with Crippen molar-refractivity contribution in [2.24, 2.45) is 11.8 Å². The summed E-state index contributed by atoms with van der Waals surface area (Å²) in [5.74, 6) is -0.224. The SMILES string of the molecule is COc1ccc(OCCOC(=O)C(C)N2C(=O)C3CCCCC3C2=O)cc1. The summed E-state index contributed by atoms with van der Waals surface area (Å²) < 4.78 is 15.8. The first-order chi connectivity index (χ1) is 13.0. The highest BCUT2D eigenvalue weighted by atomic mass is 16.6. The summed E-state index contributed by atoms with van der Waals surface area (Å²) in [7, 11) is 1.58. The van der Waals surface area contributed by atoms with E-state index in [1.807, 2.05) is 0 Å². The minimum atomic E-state index is -0.906. The maximum absolute atomic E-state index is 12.5. The van der Waals surface area contributed by atoms with E-state index in [9.17, 15) is 14.4 Å². The number of hydrogen-bond donors (Lipinski definition) is 0. The molecular weight excluding hydrogens is 350 g/mol. The van der Waals surface area contributed by atoms with Crippen LogP contribution in [0.4, 0.5) is 0 Å². The van der Waals surface area contributed by atoms with Gasteiger partial charge in [-0.15, -0.1) is 0 Å². The van der Waals surface area contributed by atoms with Crippen LogP contribution in [0.25, 0.3) is 0 Å². The maximum Gasteiger partial charge on any atom is 0.329 e. The molecule has 27 heavy (non-hydrogen) atoms. The largest absolute Gasteiger partial charge is 0.497 e. The van der Waals surface area contributed by atoms with E-state index in [0.29, 0.717) is 5.75 Å². The number of rotatable bonds is 7. The number of imide groups is 1. The standard InChI is InChI=1S/C20H25NO6/c1-13(21-18(22)16-5-3-4-6-17(16)19(21)23)20(24)27-12-11-26-15-9-7-14(25-2)8-10-15/h7-10,13,16-17H,3-6,11-12H2,1-2H3. The molecule has 1 aromatic carbocycles. The number of methoxy groups -OCH3 is 1. The van der Waals surface area contributed by atoms with Gasteiger partial charge in [-0.2, -0.15) is 0 Å². The molecule has 1 aliphatic heterocycles. The summed E-state index contributed by atoms with van der Waals surface area (Å²) in [4.78, 5) is 38.4. The van der Waals surface area contributed by atoms with Gasteiger partial charge in [-0.3, -0.25) is 14.5 Å². The molecule has 1 aliphatic carbocycles. The second-order valence-electron chi connectivity index (χ2n) is 6.91. The summed E-state index contributed by atoms with van der Waals surface area (Å²) in [6.45, 7) is 1.76. The Balaban J connectivity index is 1.47. The fourth-order valence-corrected chi connectivity index (χ4v) is 3.77. The molecule has 146 valence electrons. The molecular formula is C20H25NO6. The van der Waals surface area contributed by atoms with Gasteiger partial charge in [0.2, 0.25) is 11.8 Å². The number of likely N-dealkylation sites (tertiary alicyclic amines) is 1. The molecule has 2 aliphatic rings. The third kappa shape index (κ3) is 4.07. The van der Waals surface area contributed by atoms with Gasteiger partial charge in [-0.25, -0.2) is 4.79 Å². The first-order valence-electron chi connectivity index (χ1n) is 9.33. The Bertz CT molecular complexity index is 677. The molecule has 3 atom stereocenters. The van der Waals surface area contributed by atoms with Gasteiger partial charge in [0.05, 0.1) is 18.9 Å². The lowest BCUT2D eigenvalue weighted by Crippen LogP contribution is -2.44. The molecule has 3 rings (SSSR count). The molecule has 2 fully saturated rings. The Morgan fingerprint density at radius 1 is 1.04 bits per heavy atom. The number of nitrogens with zero attached hydrogens (tertiary/aromatic N) is 1. The van der Waals surface area contributed by atoms with E-state index >= 15 is 0 Å². The van der Waals surface area contributed by atoms with E-state index in [0.717, 1.165) is 36.3 Å². The highest BCUT2D eigenvalue weighted by molar-refractivity contribution is 6.07. The molecule has 0 aromatic heterocycles. The third-order valence-corrected chi connectivity index (χ3v) is 5.26. The van der Waals surface area contributed by atoms with Crippen LogP contribution in [0.3, 0.4) is 0 Å². The Hall–Kier alpha value is -2.57. The topological polar surface area (TPSA) is 82.1 Å². The van der Waals surface area contributed by atoms with Crippen LogP contribution >= 0.6 is 0 Å². The molecule has 1 saturated heterocycles. The second kappa shape index (κ2) is 8.41. The van der Waals surface area contributed by atoms with Crippen molar-refractivity contribution in [1.29, 1.82) is 0 Å². The van der Waals surface area contributed by atoms with Crippen LogP contribution < -0.4 is 9.47 Å². The molecule has 7 nitrogen and oxygen atoms in total. The van der Waals surface area contributed by atoms with Gasteiger partial charge >= 0.3 is 5.97 Å². The minimum absolute atomic E-state index is 0.0400. The van der Waals surface area contributed by atoms with Gasteiger partial charge in [0.1, 0.15) is 30.8 Å². The first kappa shape index (κ1) is 19.2. The highest BCUT2D eigenvalue weighted by Gasteiger charge is 2.51. The van der Waals surface area contributed by atoms with Crippen molar-refractivity contribution < 1.29 is 28.6 Å². The van der Waals surface area contributed by atoms with Crippen molar-refractivity contribution in [3.05, 3.63) is 24.3 Å². The van der Waals surface area contributed by atoms with Crippen molar-refractivity contribution in [2.45, 2.75) is 38.6 Å². The molecule has 1 heterocycles. The van der Waals surface area contributed by atoms with E-state index in [1.165, 1.54) is 0 Å². The van der Waals surface area contributed by atoms with E-state index in [2.05, 4.69) is 0 Å². The Kier molecular flexibility index (Phi) is 5.98. The van der Waals surface area contributed by atoms with Crippen LogP contribution in [0.2, 0.25) is 0 Å². The molecule has 0 bridgehead atoms. The lowest BCUT2D eigenvalue weighted by molar-refractivity contribution is -0.158. The predicted octanol–water partition coefficient (Wildman–Crippen LogP) is 2.18. The molecule has 3 unspecified atom stereocenters. The van der Waals surface area contributed by atoms with Gasteiger partial charge in [0.15, 0.2) is 0 Å². The number of ether oxygens (including phenoxy) is 3. The zero-order chi connectivity index (χ0) is 19.4. The molecule has 0 radical (unpaired) electrons. The predicted molar refractivity (Wildman–Crippen MR) is 96.2 cm³/mol. The number of amides is 2. The summed E-state index contributed by atoms with van der Waals surface area (Å²) >= 11 is 0. The number of fused-ring (bicyclic) bond motifs is 1. The van der Waals surface area contributed by atoms with Gasteiger partial charge in [-0.05, 0) is 44.0 Å². The number of esters is 1.